The maximum absolute atomic E-state index is 8.79. The summed E-state index contributed by atoms with van der Waals surface area (Å²) in [7, 11) is 0. The number of unbranched alkanes of at least 4 members (excludes halogenated alkanes) is 8. The monoisotopic (exact) mass is 228 g/mol. The number of rotatable bonds is 11. The second-order valence-corrected chi connectivity index (χ2v) is 5.01. The number of hydrogen-bond acceptors (Lipinski definition) is 2. The summed E-state index contributed by atoms with van der Waals surface area (Å²) in [5.41, 5.74) is 0. The van der Waals surface area contributed by atoms with Crippen LogP contribution in [0.3, 0.4) is 0 Å². The molecule has 1 rings (SSSR count). The van der Waals surface area contributed by atoms with Crippen molar-refractivity contribution in [3.05, 3.63) is 0 Å². The topological polar surface area (TPSA) is 32.8 Å². The van der Waals surface area contributed by atoms with E-state index in [1.807, 2.05) is 0 Å². The van der Waals surface area contributed by atoms with Gasteiger partial charge in [0.1, 0.15) is 6.10 Å². The number of aliphatic hydroxyl groups is 1. The van der Waals surface area contributed by atoms with Crippen molar-refractivity contribution < 1.29 is 9.84 Å². The lowest BCUT2D eigenvalue weighted by Gasteiger charge is -2.00. The van der Waals surface area contributed by atoms with Gasteiger partial charge in [-0.15, -0.1) is 0 Å². The van der Waals surface area contributed by atoms with Crippen LogP contribution in [0.1, 0.15) is 71.1 Å². The molecule has 16 heavy (non-hydrogen) atoms. The van der Waals surface area contributed by atoms with Gasteiger partial charge >= 0.3 is 0 Å². The summed E-state index contributed by atoms with van der Waals surface area (Å²) >= 11 is 0. The molecular formula is C14H28O2. The Bertz CT molecular complexity index is 159. The Morgan fingerprint density at radius 1 is 0.812 bits per heavy atom. The smallest absolute Gasteiger partial charge is 0.107 e. The zero-order valence-electron chi connectivity index (χ0n) is 10.8. The summed E-state index contributed by atoms with van der Waals surface area (Å²) in [6.45, 7) is 2.47. The molecule has 0 aromatic heterocycles. The second kappa shape index (κ2) is 9.00. The van der Waals surface area contributed by atoms with E-state index in [0.29, 0.717) is 6.10 Å². The molecule has 0 aromatic carbocycles. The van der Waals surface area contributed by atoms with Crippen molar-refractivity contribution in [2.45, 2.75) is 83.3 Å². The molecule has 0 aliphatic carbocycles. The first-order valence-electron chi connectivity index (χ1n) is 7.14. The van der Waals surface area contributed by atoms with Gasteiger partial charge in [0.2, 0.25) is 0 Å². The highest BCUT2D eigenvalue weighted by atomic mass is 16.6. The lowest BCUT2D eigenvalue weighted by molar-refractivity contribution is 0.241. The third-order valence-electron chi connectivity index (χ3n) is 3.46. The Morgan fingerprint density at radius 3 is 1.88 bits per heavy atom. The molecule has 2 heteroatoms. The van der Waals surface area contributed by atoms with Crippen molar-refractivity contribution in [2.24, 2.45) is 0 Å². The number of aliphatic hydroxyl groups excluding tert-OH is 1. The van der Waals surface area contributed by atoms with E-state index >= 15 is 0 Å². The summed E-state index contributed by atoms with van der Waals surface area (Å²) in [6, 6.07) is 0. The summed E-state index contributed by atoms with van der Waals surface area (Å²) in [4.78, 5) is 0. The first-order chi connectivity index (χ1) is 7.88. The normalized spacial score (nSPS) is 23.6. The molecule has 1 N–H and O–H groups in total. The van der Waals surface area contributed by atoms with E-state index in [2.05, 4.69) is 6.92 Å². The molecule has 96 valence electrons. The Balaban J connectivity index is 1.69. The fourth-order valence-corrected chi connectivity index (χ4v) is 2.25. The van der Waals surface area contributed by atoms with Crippen molar-refractivity contribution in [1.29, 1.82) is 0 Å². The predicted octanol–water partition coefficient (Wildman–Crippen LogP) is 3.67. The third-order valence-corrected chi connectivity index (χ3v) is 3.46. The van der Waals surface area contributed by atoms with Crippen molar-refractivity contribution in [3.8, 4) is 0 Å². The molecule has 0 amide bonds. The minimum atomic E-state index is 0.175. The third kappa shape index (κ3) is 6.49. The van der Waals surface area contributed by atoms with Crippen LogP contribution in [0.15, 0.2) is 0 Å². The van der Waals surface area contributed by atoms with E-state index in [1.165, 1.54) is 57.8 Å². The van der Waals surface area contributed by atoms with Gasteiger partial charge in [0.05, 0.1) is 12.7 Å². The van der Waals surface area contributed by atoms with E-state index in [1.54, 1.807) is 0 Å². The van der Waals surface area contributed by atoms with Crippen LogP contribution in [0.4, 0.5) is 0 Å². The van der Waals surface area contributed by atoms with E-state index < -0.39 is 0 Å². The quantitative estimate of drug-likeness (QED) is 0.432. The van der Waals surface area contributed by atoms with Gasteiger partial charge in [0.25, 0.3) is 0 Å². The molecule has 1 fully saturated rings. The maximum Gasteiger partial charge on any atom is 0.107 e. The molecule has 2 atom stereocenters. The highest BCUT2D eigenvalue weighted by Crippen LogP contribution is 2.26. The molecule has 1 heterocycles. The van der Waals surface area contributed by atoms with Gasteiger partial charge in [-0.05, 0) is 6.42 Å². The molecule has 0 radical (unpaired) electrons. The van der Waals surface area contributed by atoms with Crippen molar-refractivity contribution in [3.63, 3.8) is 0 Å². The Labute approximate surface area is 100 Å². The van der Waals surface area contributed by atoms with E-state index in [4.69, 9.17) is 9.84 Å². The first-order valence-corrected chi connectivity index (χ1v) is 7.14. The van der Waals surface area contributed by atoms with Gasteiger partial charge in [0, 0.05) is 0 Å². The first kappa shape index (κ1) is 14.0. The standard InChI is InChI=1S/C14H28O2/c1-2-3-4-5-6-7-8-9-10-11-13-14(12-15)16-13/h13-15H,2-12H2,1H3/t13-,14-/m1/s1. The average Bonchev–Trinajstić information content (AvgIpc) is 3.05. The number of epoxide rings is 1. The van der Waals surface area contributed by atoms with Crippen molar-refractivity contribution in [2.75, 3.05) is 6.61 Å². The molecule has 0 unspecified atom stereocenters. The van der Waals surface area contributed by atoms with Crippen LogP contribution >= 0.6 is 0 Å². The molecular weight excluding hydrogens is 200 g/mol. The number of hydrogen-bond donors (Lipinski definition) is 1. The van der Waals surface area contributed by atoms with Gasteiger partial charge < -0.3 is 9.84 Å². The van der Waals surface area contributed by atoms with Crippen LogP contribution in [0.5, 0.6) is 0 Å². The van der Waals surface area contributed by atoms with E-state index in [-0.39, 0.29) is 12.7 Å². The van der Waals surface area contributed by atoms with Crippen molar-refractivity contribution in [1.82, 2.24) is 0 Å². The fraction of sp³-hybridized carbons (Fsp3) is 1.00. The average molecular weight is 228 g/mol. The van der Waals surface area contributed by atoms with E-state index in [0.717, 1.165) is 6.42 Å². The van der Waals surface area contributed by atoms with Gasteiger partial charge in [0.15, 0.2) is 0 Å². The zero-order valence-corrected chi connectivity index (χ0v) is 10.8. The van der Waals surface area contributed by atoms with Gasteiger partial charge in [-0.25, -0.2) is 0 Å². The minimum Gasteiger partial charge on any atom is -0.394 e. The fourth-order valence-electron chi connectivity index (χ4n) is 2.25. The van der Waals surface area contributed by atoms with Crippen LogP contribution in [0.25, 0.3) is 0 Å². The van der Waals surface area contributed by atoms with Crippen LogP contribution in [-0.2, 0) is 4.74 Å². The van der Waals surface area contributed by atoms with E-state index in [9.17, 15) is 0 Å². The van der Waals surface area contributed by atoms with Crippen LogP contribution in [-0.4, -0.2) is 23.9 Å². The molecule has 0 aromatic rings. The maximum atomic E-state index is 8.79. The Morgan fingerprint density at radius 2 is 1.38 bits per heavy atom. The summed E-state index contributed by atoms with van der Waals surface area (Å²) in [5.74, 6) is 0. The predicted molar refractivity (Wildman–Crippen MR) is 67.6 cm³/mol. The lowest BCUT2D eigenvalue weighted by Crippen LogP contribution is -1.98. The molecule has 2 nitrogen and oxygen atoms in total. The largest absolute Gasteiger partial charge is 0.394 e. The molecule has 0 spiro atoms. The summed E-state index contributed by atoms with van der Waals surface area (Å²) < 4.78 is 5.29. The molecule has 1 aliphatic heterocycles. The molecule has 0 saturated carbocycles. The lowest BCUT2D eigenvalue weighted by atomic mass is 10.1. The van der Waals surface area contributed by atoms with Gasteiger partial charge in [-0.2, -0.15) is 0 Å². The molecule has 1 aliphatic rings. The number of ether oxygens (including phenoxy) is 1. The molecule has 1 saturated heterocycles. The van der Waals surface area contributed by atoms with Crippen molar-refractivity contribution >= 4 is 0 Å². The van der Waals surface area contributed by atoms with Gasteiger partial charge in [-0.1, -0.05) is 64.7 Å². The Kier molecular flexibility index (Phi) is 7.87. The highest BCUT2D eigenvalue weighted by Gasteiger charge is 2.36. The summed E-state index contributed by atoms with van der Waals surface area (Å²) in [6.07, 6.45) is 14.1. The second-order valence-electron chi connectivity index (χ2n) is 5.01. The summed E-state index contributed by atoms with van der Waals surface area (Å²) in [5, 5.41) is 8.79. The minimum absolute atomic E-state index is 0.175. The Hall–Kier alpha value is -0.0800. The molecule has 0 bridgehead atoms. The van der Waals surface area contributed by atoms with Gasteiger partial charge in [-0.3, -0.25) is 0 Å². The SMILES string of the molecule is CCCCCCCCCCC[C@H]1O[C@@H]1CO. The highest BCUT2D eigenvalue weighted by molar-refractivity contribution is 4.83. The zero-order chi connectivity index (χ0) is 11.6. The van der Waals surface area contributed by atoms with Crippen LogP contribution in [0, 0.1) is 0 Å². The van der Waals surface area contributed by atoms with Crippen LogP contribution in [0.2, 0.25) is 0 Å². The van der Waals surface area contributed by atoms with Crippen LogP contribution < -0.4 is 0 Å².